The summed E-state index contributed by atoms with van der Waals surface area (Å²) in [7, 11) is 0. The Kier molecular flexibility index (Phi) is 4.63. The van der Waals surface area contributed by atoms with Gasteiger partial charge in [-0.05, 0) is 47.7 Å². The van der Waals surface area contributed by atoms with Crippen LogP contribution in [0.5, 0.6) is 0 Å². The lowest BCUT2D eigenvalue weighted by atomic mass is 10.00. The summed E-state index contributed by atoms with van der Waals surface area (Å²) >= 11 is 0. The first kappa shape index (κ1) is 15.6. The monoisotopic (exact) mass is 308 g/mol. The zero-order valence-corrected chi connectivity index (χ0v) is 13.8. The highest BCUT2D eigenvalue weighted by Gasteiger charge is 2.11. The van der Waals surface area contributed by atoms with Gasteiger partial charge in [-0.15, -0.1) is 0 Å². The third kappa shape index (κ3) is 3.08. The minimum Gasteiger partial charge on any atom is -0.382 e. The van der Waals surface area contributed by atoms with Crippen molar-refractivity contribution in [3.63, 3.8) is 0 Å². The Morgan fingerprint density at radius 3 is 2.74 bits per heavy atom. The summed E-state index contributed by atoms with van der Waals surface area (Å²) in [5.74, 6) is 0. The summed E-state index contributed by atoms with van der Waals surface area (Å²) in [5.41, 5.74) is 11.5. The molecule has 0 saturated heterocycles. The van der Waals surface area contributed by atoms with Gasteiger partial charge in [-0.2, -0.15) is 0 Å². The van der Waals surface area contributed by atoms with Crippen LogP contribution in [0.2, 0.25) is 0 Å². The molecule has 0 bridgehead atoms. The molecule has 23 heavy (non-hydrogen) atoms. The first-order valence-corrected chi connectivity index (χ1v) is 8.28. The second-order valence-corrected chi connectivity index (χ2v) is 5.83. The minimum absolute atomic E-state index is 0.472. The number of benzene rings is 1. The first-order chi connectivity index (χ1) is 11.3. The number of rotatable bonds is 6. The smallest absolute Gasteiger partial charge is 0.137 e. The molecule has 4 N–H and O–H groups in total. The van der Waals surface area contributed by atoms with E-state index in [-0.39, 0.29) is 0 Å². The number of aromatic amines is 1. The van der Waals surface area contributed by atoms with Crippen LogP contribution in [0.15, 0.2) is 42.7 Å². The van der Waals surface area contributed by atoms with E-state index in [1.807, 2.05) is 12.4 Å². The largest absolute Gasteiger partial charge is 0.382 e. The average Bonchev–Trinajstić information content (AvgIpc) is 3.08. The number of nitrogens with one attached hydrogen (secondary N) is 2. The number of fused-ring (bicyclic) bond motifs is 1. The van der Waals surface area contributed by atoms with Gasteiger partial charge in [0.1, 0.15) is 5.65 Å². The number of aromatic nitrogens is 2. The summed E-state index contributed by atoms with van der Waals surface area (Å²) < 4.78 is 0. The number of hydrogen-bond acceptors (Lipinski definition) is 3. The Labute approximate surface area is 137 Å². The van der Waals surface area contributed by atoms with Crippen LogP contribution < -0.4 is 11.1 Å². The van der Waals surface area contributed by atoms with E-state index in [1.165, 1.54) is 11.1 Å². The van der Waals surface area contributed by atoms with E-state index in [4.69, 9.17) is 5.73 Å². The van der Waals surface area contributed by atoms with Crippen molar-refractivity contribution in [2.45, 2.75) is 39.3 Å². The fourth-order valence-corrected chi connectivity index (χ4v) is 2.98. The summed E-state index contributed by atoms with van der Waals surface area (Å²) in [4.78, 5) is 7.54. The lowest BCUT2D eigenvalue weighted by molar-refractivity contribution is 0.670. The van der Waals surface area contributed by atoms with Crippen LogP contribution in [0.1, 0.15) is 32.3 Å². The van der Waals surface area contributed by atoms with Gasteiger partial charge in [0, 0.05) is 36.1 Å². The molecule has 1 aromatic carbocycles. The number of hydrogen-bond donors (Lipinski definition) is 3. The van der Waals surface area contributed by atoms with Gasteiger partial charge in [-0.1, -0.05) is 26.0 Å². The van der Waals surface area contributed by atoms with Gasteiger partial charge in [-0.25, -0.2) is 4.98 Å². The van der Waals surface area contributed by atoms with E-state index in [9.17, 15) is 0 Å². The molecule has 0 aliphatic carbocycles. The summed E-state index contributed by atoms with van der Waals surface area (Å²) in [5, 5.41) is 4.79. The maximum atomic E-state index is 5.92. The van der Waals surface area contributed by atoms with Crippen molar-refractivity contribution in [1.29, 1.82) is 0 Å². The molecular formula is C19H24N4. The molecule has 2 heterocycles. The molecule has 0 saturated carbocycles. The molecule has 0 aliphatic heterocycles. The van der Waals surface area contributed by atoms with Crippen molar-refractivity contribution in [3.05, 3.63) is 48.3 Å². The standard InChI is InChI=1S/C19H24N4/c1-3-15(4-2)23-18-11-13(5-6-14(18)12-20)16-7-9-21-19-17(16)8-10-22-19/h5-11,15,23H,3-4,12,20H2,1-2H3,(H,21,22). The molecule has 0 spiro atoms. The number of nitrogens with two attached hydrogens (primary N) is 1. The van der Waals surface area contributed by atoms with Gasteiger partial charge in [0.05, 0.1) is 0 Å². The van der Waals surface area contributed by atoms with E-state index in [0.29, 0.717) is 12.6 Å². The third-order valence-electron chi connectivity index (χ3n) is 4.45. The Balaban J connectivity index is 2.05. The quantitative estimate of drug-likeness (QED) is 0.636. The van der Waals surface area contributed by atoms with E-state index >= 15 is 0 Å². The normalized spacial score (nSPS) is 11.3. The Morgan fingerprint density at radius 1 is 1.17 bits per heavy atom. The van der Waals surface area contributed by atoms with E-state index in [2.05, 4.69) is 59.5 Å². The highest BCUT2D eigenvalue weighted by molar-refractivity contribution is 5.93. The zero-order chi connectivity index (χ0) is 16.2. The number of H-pyrrole nitrogens is 1. The Hall–Kier alpha value is -2.33. The molecule has 0 aliphatic rings. The van der Waals surface area contributed by atoms with Crippen LogP contribution in [0.4, 0.5) is 5.69 Å². The SMILES string of the molecule is CCC(CC)Nc1cc(-c2ccnc3[nH]ccc23)ccc1CN. The van der Waals surface area contributed by atoms with Crippen LogP contribution in [-0.4, -0.2) is 16.0 Å². The maximum Gasteiger partial charge on any atom is 0.137 e. The molecule has 0 atom stereocenters. The lowest BCUT2D eigenvalue weighted by Gasteiger charge is -2.20. The molecule has 4 heteroatoms. The summed E-state index contributed by atoms with van der Waals surface area (Å²) in [6.45, 7) is 4.96. The van der Waals surface area contributed by atoms with E-state index in [1.54, 1.807) is 0 Å². The second kappa shape index (κ2) is 6.84. The molecular weight excluding hydrogens is 284 g/mol. The van der Waals surface area contributed by atoms with Crippen molar-refractivity contribution in [1.82, 2.24) is 9.97 Å². The van der Waals surface area contributed by atoms with Gasteiger partial charge >= 0.3 is 0 Å². The van der Waals surface area contributed by atoms with Gasteiger partial charge in [0.15, 0.2) is 0 Å². The van der Waals surface area contributed by atoms with Gasteiger partial charge in [-0.3, -0.25) is 0 Å². The highest BCUT2D eigenvalue weighted by atomic mass is 14.9. The van der Waals surface area contributed by atoms with Crippen molar-refractivity contribution < 1.29 is 0 Å². The molecule has 0 amide bonds. The molecule has 2 aromatic heterocycles. The Bertz CT molecular complexity index is 787. The van der Waals surface area contributed by atoms with Crippen LogP contribution in [0, 0.1) is 0 Å². The van der Waals surface area contributed by atoms with Crippen LogP contribution >= 0.6 is 0 Å². The summed E-state index contributed by atoms with van der Waals surface area (Å²) in [6, 6.07) is 11.1. The minimum atomic E-state index is 0.472. The van der Waals surface area contributed by atoms with E-state index in [0.717, 1.165) is 35.1 Å². The van der Waals surface area contributed by atoms with Crippen molar-refractivity contribution in [2.75, 3.05) is 5.32 Å². The molecule has 4 nitrogen and oxygen atoms in total. The predicted molar refractivity (Wildman–Crippen MR) is 97.4 cm³/mol. The predicted octanol–water partition coefficient (Wildman–Crippen LogP) is 4.29. The molecule has 3 rings (SSSR count). The van der Waals surface area contributed by atoms with Crippen molar-refractivity contribution >= 4 is 16.7 Å². The first-order valence-electron chi connectivity index (χ1n) is 8.28. The summed E-state index contributed by atoms with van der Waals surface area (Å²) in [6.07, 6.45) is 5.97. The molecule has 0 radical (unpaired) electrons. The van der Waals surface area contributed by atoms with Gasteiger partial charge < -0.3 is 16.0 Å². The van der Waals surface area contributed by atoms with Crippen LogP contribution in [-0.2, 0) is 6.54 Å². The third-order valence-corrected chi connectivity index (χ3v) is 4.45. The zero-order valence-electron chi connectivity index (χ0n) is 13.8. The second-order valence-electron chi connectivity index (χ2n) is 5.83. The van der Waals surface area contributed by atoms with Crippen LogP contribution in [0.25, 0.3) is 22.2 Å². The topological polar surface area (TPSA) is 66.7 Å². The average molecular weight is 308 g/mol. The molecule has 0 unspecified atom stereocenters. The lowest BCUT2D eigenvalue weighted by Crippen LogP contribution is -2.18. The van der Waals surface area contributed by atoms with Gasteiger partial charge in [0.25, 0.3) is 0 Å². The highest BCUT2D eigenvalue weighted by Crippen LogP contribution is 2.31. The fourth-order valence-electron chi connectivity index (χ4n) is 2.98. The maximum absolute atomic E-state index is 5.92. The van der Waals surface area contributed by atoms with Crippen molar-refractivity contribution in [2.24, 2.45) is 5.73 Å². The van der Waals surface area contributed by atoms with Crippen LogP contribution in [0.3, 0.4) is 0 Å². The molecule has 120 valence electrons. The van der Waals surface area contributed by atoms with Gasteiger partial charge in [0.2, 0.25) is 0 Å². The van der Waals surface area contributed by atoms with Crippen molar-refractivity contribution in [3.8, 4) is 11.1 Å². The number of pyridine rings is 1. The molecule has 0 fully saturated rings. The van der Waals surface area contributed by atoms with E-state index < -0.39 is 0 Å². The fraction of sp³-hybridized carbons (Fsp3) is 0.316. The number of nitrogens with zero attached hydrogens (tertiary/aromatic N) is 1. The Morgan fingerprint density at radius 2 is 2.00 bits per heavy atom. The molecule has 3 aromatic rings. The number of anilines is 1.